The van der Waals surface area contributed by atoms with Gasteiger partial charge in [0.15, 0.2) is 17.3 Å². The van der Waals surface area contributed by atoms with Crippen LogP contribution in [0.1, 0.15) is 45.1 Å². The maximum atomic E-state index is 13.3. The minimum absolute atomic E-state index is 0.147. The molecule has 8 nitrogen and oxygen atoms in total. The lowest BCUT2D eigenvalue weighted by atomic mass is 9.67. The van der Waals surface area contributed by atoms with Crippen LogP contribution in [0.4, 0.5) is 4.79 Å². The van der Waals surface area contributed by atoms with E-state index in [1.807, 2.05) is 20.8 Å². The van der Waals surface area contributed by atoms with E-state index in [2.05, 4.69) is 0 Å². The van der Waals surface area contributed by atoms with Crippen LogP contribution in [-0.4, -0.2) is 54.1 Å². The average Bonchev–Trinajstić information content (AvgIpc) is 2.70. The summed E-state index contributed by atoms with van der Waals surface area (Å²) in [5, 5.41) is 0. The maximum Gasteiger partial charge on any atom is 0.332 e. The zero-order valence-electron chi connectivity index (χ0n) is 18.4. The second-order valence-electron chi connectivity index (χ2n) is 9.02. The highest BCUT2D eigenvalue weighted by Gasteiger charge is 2.53. The molecule has 1 aromatic carbocycles. The lowest BCUT2D eigenvalue weighted by Gasteiger charge is -2.42. The molecule has 164 valence electrons. The predicted molar refractivity (Wildman–Crippen MR) is 110 cm³/mol. The lowest BCUT2D eigenvalue weighted by Crippen LogP contribution is -2.59. The number of nitrogens with zero attached hydrogens (tertiary/aromatic N) is 2. The Balaban J connectivity index is 1.94. The number of fused-ring (bicyclic) bond motifs is 1. The summed E-state index contributed by atoms with van der Waals surface area (Å²) in [5.41, 5.74) is 0.576. The highest BCUT2D eigenvalue weighted by molar-refractivity contribution is 6.17. The third-order valence-corrected chi connectivity index (χ3v) is 6.16. The smallest absolute Gasteiger partial charge is 0.332 e. The van der Waals surface area contributed by atoms with Crippen molar-refractivity contribution in [2.45, 2.75) is 39.5 Å². The second-order valence-corrected chi connectivity index (χ2v) is 9.02. The zero-order chi connectivity index (χ0) is 22.7. The summed E-state index contributed by atoms with van der Waals surface area (Å²) < 4.78 is 11.9. The van der Waals surface area contributed by atoms with Crippen LogP contribution in [0.5, 0.6) is 11.5 Å². The topological polar surface area (TPSA) is 93.2 Å². The van der Waals surface area contributed by atoms with Crippen LogP contribution >= 0.6 is 0 Å². The summed E-state index contributed by atoms with van der Waals surface area (Å²) in [4.78, 5) is 53.8. The van der Waals surface area contributed by atoms with Crippen molar-refractivity contribution in [3.05, 3.63) is 35.1 Å². The number of rotatable bonds is 3. The Labute approximate surface area is 180 Å². The molecule has 1 atom stereocenters. The number of amides is 4. The number of barbiturate groups is 1. The molecular formula is C23H26N2O6. The number of carbonyl (C=O) groups is 4. The number of allylic oxidation sites excluding steroid dienone is 2. The number of carbonyl (C=O) groups excluding carboxylic acids is 4. The zero-order valence-corrected chi connectivity index (χ0v) is 18.4. The highest BCUT2D eigenvalue weighted by Crippen LogP contribution is 2.53. The highest BCUT2D eigenvalue weighted by atomic mass is 16.5. The minimum atomic E-state index is -1.23. The van der Waals surface area contributed by atoms with Crippen molar-refractivity contribution in [1.82, 2.24) is 9.80 Å². The molecule has 0 aromatic heterocycles. The van der Waals surface area contributed by atoms with E-state index >= 15 is 0 Å². The molecule has 1 fully saturated rings. The fourth-order valence-corrected chi connectivity index (χ4v) is 4.72. The molecule has 8 heteroatoms. The van der Waals surface area contributed by atoms with E-state index in [0.717, 1.165) is 9.80 Å². The molecule has 1 unspecified atom stereocenters. The second kappa shape index (κ2) is 7.21. The number of Topliss-reactive ketones (excluding diaryl/α,β-unsaturated/α-hetero) is 1. The monoisotopic (exact) mass is 426 g/mol. The fourth-order valence-electron chi connectivity index (χ4n) is 4.72. The summed E-state index contributed by atoms with van der Waals surface area (Å²) in [6, 6.07) is 4.56. The number of ether oxygens (including phenoxy) is 2. The van der Waals surface area contributed by atoms with Gasteiger partial charge in [-0.25, -0.2) is 4.79 Å². The Bertz CT molecular complexity index is 1020. The fraction of sp³-hybridized carbons (Fsp3) is 0.478. The molecule has 31 heavy (non-hydrogen) atoms. The van der Waals surface area contributed by atoms with Crippen molar-refractivity contribution in [3.63, 3.8) is 0 Å². The van der Waals surface area contributed by atoms with Crippen molar-refractivity contribution in [1.29, 1.82) is 0 Å². The molecule has 4 amide bonds. The van der Waals surface area contributed by atoms with Gasteiger partial charge in [-0.3, -0.25) is 24.2 Å². The van der Waals surface area contributed by atoms with Gasteiger partial charge in [0.1, 0.15) is 11.7 Å². The third kappa shape index (κ3) is 3.21. The molecule has 0 bridgehead atoms. The molecule has 2 aliphatic heterocycles. The Hall–Kier alpha value is -3.16. The van der Waals surface area contributed by atoms with Gasteiger partial charge in [-0.2, -0.15) is 0 Å². The van der Waals surface area contributed by atoms with Crippen LogP contribution in [0.3, 0.4) is 0 Å². The first-order chi connectivity index (χ1) is 14.6. The Morgan fingerprint density at radius 1 is 1.03 bits per heavy atom. The molecule has 3 aliphatic rings. The van der Waals surface area contributed by atoms with Gasteiger partial charge < -0.3 is 9.47 Å². The van der Waals surface area contributed by atoms with Crippen molar-refractivity contribution in [3.8, 4) is 11.5 Å². The van der Waals surface area contributed by atoms with Crippen LogP contribution in [0.25, 0.3) is 0 Å². The van der Waals surface area contributed by atoms with Gasteiger partial charge in [-0.15, -0.1) is 0 Å². The van der Waals surface area contributed by atoms with Crippen LogP contribution < -0.4 is 9.47 Å². The van der Waals surface area contributed by atoms with Crippen molar-refractivity contribution in [2.75, 3.05) is 20.7 Å². The summed E-state index contributed by atoms with van der Waals surface area (Å²) in [6.45, 7) is 6.21. The molecule has 1 aromatic rings. The van der Waals surface area contributed by atoms with Crippen molar-refractivity contribution in [2.24, 2.45) is 11.3 Å². The number of benzene rings is 1. The van der Waals surface area contributed by atoms with Gasteiger partial charge in [0, 0.05) is 44.0 Å². The van der Waals surface area contributed by atoms with Gasteiger partial charge in [-0.1, -0.05) is 26.0 Å². The molecule has 0 radical (unpaired) electrons. The Morgan fingerprint density at radius 2 is 1.68 bits per heavy atom. The van der Waals surface area contributed by atoms with Gasteiger partial charge in [-0.05, 0) is 18.4 Å². The van der Waals surface area contributed by atoms with E-state index in [1.54, 1.807) is 18.2 Å². The number of imide groups is 2. The van der Waals surface area contributed by atoms with Crippen molar-refractivity contribution >= 4 is 23.6 Å². The normalized spacial score (nSPS) is 23.6. The van der Waals surface area contributed by atoms with Crippen LogP contribution in [0.2, 0.25) is 0 Å². The van der Waals surface area contributed by atoms with Gasteiger partial charge >= 0.3 is 6.03 Å². The number of hydrogen-bond donors (Lipinski definition) is 0. The molecule has 0 saturated carbocycles. The van der Waals surface area contributed by atoms with E-state index in [1.165, 1.54) is 14.1 Å². The number of urea groups is 1. The SMILES string of the molecule is CCOc1cccc2c1OC1=C(C(=O)CC(C)(C)C1)C2C1C(=O)N(C)C(=O)N(C)C1=O. The van der Waals surface area contributed by atoms with Gasteiger partial charge in [0.25, 0.3) is 0 Å². The molecule has 1 aliphatic carbocycles. The first-order valence-corrected chi connectivity index (χ1v) is 10.4. The van der Waals surface area contributed by atoms with Crippen LogP contribution in [-0.2, 0) is 14.4 Å². The average molecular weight is 426 g/mol. The van der Waals surface area contributed by atoms with E-state index in [4.69, 9.17) is 9.47 Å². The number of hydrogen-bond acceptors (Lipinski definition) is 6. The third-order valence-electron chi connectivity index (χ3n) is 6.16. The van der Waals surface area contributed by atoms with E-state index in [-0.39, 0.29) is 17.6 Å². The Morgan fingerprint density at radius 3 is 2.29 bits per heavy atom. The van der Waals surface area contributed by atoms with Gasteiger partial charge in [0.2, 0.25) is 11.8 Å². The first kappa shape index (κ1) is 21.1. The largest absolute Gasteiger partial charge is 0.490 e. The lowest BCUT2D eigenvalue weighted by molar-refractivity contribution is -0.148. The molecule has 2 heterocycles. The standard InChI is InChI=1S/C23H26N2O6/c1-6-30-14-9-7-8-12-16(18-20(27)24(4)22(29)25(5)21(18)28)17-13(26)10-23(2,3)11-15(17)31-19(12)14/h7-9,16,18H,6,10-11H2,1-5H3. The van der Waals surface area contributed by atoms with E-state index < -0.39 is 29.7 Å². The maximum absolute atomic E-state index is 13.3. The first-order valence-electron chi connectivity index (χ1n) is 10.4. The van der Waals surface area contributed by atoms with Crippen LogP contribution in [0.15, 0.2) is 29.5 Å². The summed E-state index contributed by atoms with van der Waals surface area (Å²) in [5.74, 6) is -2.11. The van der Waals surface area contributed by atoms with Crippen LogP contribution in [0, 0.1) is 11.3 Å². The predicted octanol–water partition coefficient (Wildman–Crippen LogP) is 2.87. The van der Waals surface area contributed by atoms with E-state index in [9.17, 15) is 19.2 Å². The molecule has 0 spiro atoms. The number of para-hydroxylation sites is 1. The molecular weight excluding hydrogens is 400 g/mol. The summed E-state index contributed by atoms with van der Waals surface area (Å²) in [7, 11) is 2.69. The number of ketones is 1. The Kier molecular flexibility index (Phi) is 4.91. The summed E-state index contributed by atoms with van der Waals surface area (Å²) in [6.07, 6.45) is 0.774. The molecule has 4 rings (SSSR count). The molecule has 1 saturated heterocycles. The molecule has 0 N–H and O–H groups in total. The van der Waals surface area contributed by atoms with Gasteiger partial charge in [0.05, 0.1) is 6.61 Å². The quantitative estimate of drug-likeness (QED) is 0.690. The minimum Gasteiger partial charge on any atom is -0.490 e. The van der Waals surface area contributed by atoms with E-state index in [0.29, 0.717) is 41.4 Å². The van der Waals surface area contributed by atoms with Crippen molar-refractivity contribution < 1.29 is 28.7 Å². The summed E-state index contributed by atoms with van der Waals surface area (Å²) >= 11 is 0.